The molecule has 2 atom stereocenters. The molecule has 0 radical (unpaired) electrons. The molecule has 2 aliphatic rings. The monoisotopic (exact) mass is 437 g/mol. The Morgan fingerprint density at radius 3 is 2.77 bits per heavy atom. The van der Waals surface area contributed by atoms with Crippen molar-refractivity contribution in [3.63, 3.8) is 0 Å². The Kier molecular flexibility index (Phi) is 5.85. The number of morpholine rings is 1. The second-order valence-corrected chi connectivity index (χ2v) is 9.12. The quantitative estimate of drug-likeness (QED) is 0.615. The Morgan fingerprint density at radius 2 is 2.00 bits per heavy atom. The summed E-state index contributed by atoms with van der Waals surface area (Å²) in [6.07, 6.45) is 2.75. The number of thiophene rings is 1. The van der Waals surface area contributed by atoms with E-state index in [2.05, 4.69) is 27.7 Å². The van der Waals surface area contributed by atoms with Gasteiger partial charge >= 0.3 is 0 Å². The van der Waals surface area contributed by atoms with Crippen LogP contribution in [0.1, 0.15) is 25.1 Å². The summed E-state index contributed by atoms with van der Waals surface area (Å²) in [4.78, 5) is 25.1. The highest BCUT2D eigenvalue weighted by Gasteiger charge is 2.32. The summed E-state index contributed by atoms with van der Waals surface area (Å²) >= 11 is 1.64. The Labute approximate surface area is 185 Å². The van der Waals surface area contributed by atoms with Gasteiger partial charge in [0.25, 0.3) is 0 Å². The molecule has 1 saturated heterocycles. The normalized spacial score (nSPS) is 22.1. The zero-order valence-corrected chi connectivity index (χ0v) is 18.2. The summed E-state index contributed by atoms with van der Waals surface area (Å²) < 4.78 is 5.47. The first kappa shape index (κ1) is 20.4. The van der Waals surface area contributed by atoms with Gasteiger partial charge in [0.05, 0.1) is 31.1 Å². The molecule has 7 nitrogen and oxygen atoms in total. The predicted octanol–water partition coefficient (Wildman–Crippen LogP) is 3.26. The summed E-state index contributed by atoms with van der Waals surface area (Å²) in [6, 6.07) is 10.3. The summed E-state index contributed by atoms with van der Waals surface area (Å²) in [5.41, 5.74) is 7.94. The van der Waals surface area contributed by atoms with Crippen LogP contribution in [0.15, 0.2) is 35.7 Å². The summed E-state index contributed by atoms with van der Waals surface area (Å²) in [7, 11) is 0. The molecule has 0 bridgehead atoms. The molecule has 162 valence electrons. The average Bonchev–Trinajstić information content (AvgIpc) is 3.42. The molecule has 2 aromatic heterocycles. The van der Waals surface area contributed by atoms with Crippen LogP contribution in [-0.2, 0) is 16.1 Å². The van der Waals surface area contributed by atoms with E-state index in [1.807, 2.05) is 18.2 Å². The van der Waals surface area contributed by atoms with Gasteiger partial charge in [0, 0.05) is 30.1 Å². The number of aromatic nitrogens is 2. The summed E-state index contributed by atoms with van der Waals surface area (Å²) in [5.74, 6) is 1.22. The van der Waals surface area contributed by atoms with Gasteiger partial charge in [-0.1, -0.05) is 36.8 Å². The van der Waals surface area contributed by atoms with E-state index >= 15 is 0 Å². The molecule has 1 aromatic carbocycles. The molecule has 1 aliphatic heterocycles. The van der Waals surface area contributed by atoms with E-state index in [1.54, 1.807) is 11.3 Å². The molecular formula is C23H27N5O2S. The van der Waals surface area contributed by atoms with Crippen molar-refractivity contribution in [2.75, 3.05) is 31.6 Å². The van der Waals surface area contributed by atoms with Gasteiger partial charge in [-0.15, -0.1) is 11.3 Å². The fourth-order valence-corrected chi connectivity index (χ4v) is 5.57. The highest BCUT2D eigenvalue weighted by atomic mass is 32.1. The number of rotatable bonds is 6. The van der Waals surface area contributed by atoms with Crippen molar-refractivity contribution in [3.8, 4) is 11.1 Å². The van der Waals surface area contributed by atoms with Crippen LogP contribution in [-0.4, -0.2) is 53.1 Å². The number of fused-ring (bicyclic) bond motifs is 1. The van der Waals surface area contributed by atoms with E-state index in [-0.39, 0.29) is 17.9 Å². The number of nitrogens with zero attached hydrogens (tertiary/aromatic N) is 3. The van der Waals surface area contributed by atoms with E-state index in [0.717, 1.165) is 78.6 Å². The number of ether oxygens (including phenoxy) is 1. The lowest BCUT2D eigenvalue weighted by Gasteiger charge is -2.26. The number of benzene rings is 1. The van der Waals surface area contributed by atoms with Gasteiger partial charge in [-0.25, -0.2) is 9.97 Å². The third kappa shape index (κ3) is 4.28. The predicted molar refractivity (Wildman–Crippen MR) is 123 cm³/mol. The number of nitrogens with one attached hydrogen (secondary N) is 1. The van der Waals surface area contributed by atoms with Crippen LogP contribution in [0.3, 0.4) is 0 Å². The lowest BCUT2D eigenvalue weighted by molar-refractivity contribution is -0.121. The molecule has 2 unspecified atom stereocenters. The van der Waals surface area contributed by atoms with Gasteiger partial charge in [0.1, 0.15) is 16.5 Å². The van der Waals surface area contributed by atoms with Crippen molar-refractivity contribution in [1.29, 1.82) is 0 Å². The minimum absolute atomic E-state index is 0.00959. The van der Waals surface area contributed by atoms with Crippen LogP contribution >= 0.6 is 11.3 Å². The molecule has 31 heavy (non-hydrogen) atoms. The second kappa shape index (κ2) is 8.90. The molecule has 0 spiro atoms. The summed E-state index contributed by atoms with van der Waals surface area (Å²) in [5, 5.41) is 6.78. The number of carbonyl (C=O) groups is 1. The molecule has 5 rings (SSSR count). The van der Waals surface area contributed by atoms with E-state index in [4.69, 9.17) is 20.4 Å². The average molecular weight is 438 g/mol. The van der Waals surface area contributed by atoms with Gasteiger partial charge in [-0.3, -0.25) is 9.69 Å². The molecule has 1 aliphatic carbocycles. The highest BCUT2D eigenvalue weighted by molar-refractivity contribution is 7.17. The van der Waals surface area contributed by atoms with Crippen molar-refractivity contribution >= 4 is 33.3 Å². The third-order valence-electron chi connectivity index (χ3n) is 6.24. The third-order valence-corrected chi connectivity index (χ3v) is 7.11. The van der Waals surface area contributed by atoms with E-state index in [0.29, 0.717) is 6.54 Å². The Balaban J connectivity index is 1.55. The fraction of sp³-hybridized carbons (Fsp3) is 0.435. The number of primary amides is 1. The lowest BCUT2D eigenvalue weighted by atomic mass is 10.0. The van der Waals surface area contributed by atoms with Crippen LogP contribution in [0, 0.1) is 5.92 Å². The number of hydrogen-bond acceptors (Lipinski definition) is 7. The minimum Gasteiger partial charge on any atom is -0.379 e. The second-order valence-electron chi connectivity index (χ2n) is 8.26. The van der Waals surface area contributed by atoms with Gasteiger partial charge in [0.15, 0.2) is 0 Å². The Morgan fingerprint density at radius 1 is 1.19 bits per heavy atom. The number of hydrogen-bond donors (Lipinski definition) is 2. The smallest absolute Gasteiger partial charge is 0.222 e. The topological polar surface area (TPSA) is 93.4 Å². The van der Waals surface area contributed by atoms with Crippen molar-refractivity contribution < 1.29 is 9.53 Å². The van der Waals surface area contributed by atoms with Crippen LogP contribution < -0.4 is 11.1 Å². The molecular weight excluding hydrogens is 410 g/mol. The number of nitrogens with two attached hydrogens (primary N) is 1. The highest BCUT2D eigenvalue weighted by Crippen LogP contribution is 2.38. The standard InChI is InChI=1S/C23H27N5O2S/c24-21(29)16-7-4-8-18(16)25-22-20-17(15-5-2-1-3-6-15)14-31-23(20)27-19(26-22)13-28-9-11-30-12-10-28/h1-3,5-6,14,16,18H,4,7-13H2,(H2,24,29)(H,25,26,27). The van der Waals surface area contributed by atoms with Crippen LogP contribution in [0.25, 0.3) is 21.3 Å². The molecule has 1 saturated carbocycles. The largest absolute Gasteiger partial charge is 0.379 e. The van der Waals surface area contributed by atoms with E-state index < -0.39 is 0 Å². The van der Waals surface area contributed by atoms with Gasteiger partial charge in [-0.05, 0) is 18.4 Å². The molecule has 3 N–H and O–H groups in total. The maximum Gasteiger partial charge on any atom is 0.222 e. The van der Waals surface area contributed by atoms with Crippen molar-refractivity contribution in [2.24, 2.45) is 11.7 Å². The number of amides is 1. The molecule has 2 fully saturated rings. The first-order chi connectivity index (χ1) is 15.2. The van der Waals surface area contributed by atoms with Crippen LogP contribution in [0.5, 0.6) is 0 Å². The van der Waals surface area contributed by atoms with Crippen molar-refractivity contribution in [2.45, 2.75) is 31.8 Å². The number of anilines is 1. The van der Waals surface area contributed by atoms with Gasteiger partial charge in [0.2, 0.25) is 5.91 Å². The summed E-state index contributed by atoms with van der Waals surface area (Å²) in [6.45, 7) is 3.95. The maximum absolute atomic E-state index is 12.0. The van der Waals surface area contributed by atoms with Crippen molar-refractivity contribution in [1.82, 2.24) is 14.9 Å². The van der Waals surface area contributed by atoms with Crippen LogP contribution in [0.4, 0.5) is 5.82 Å². The van der Waals surface area contributed by atoms with E-state index in [9.17, 15) is 4.79 Å². The first-order valence-electron chi connectivity index (χ1n) is 10.9. The van der Waals surface area contributed by atoms with Gasteiger partial charge < -0.3 is 15.8 Å². The van der Waals surface area contributed by atoms with Crippen molar-refractivity contribution in [3.05, 3.63) is 41.5 Å². The molecule has 1 amide bonds. The lowest BCUT2D eigenvalue weighted by Crippen LogP contribution is -2.36. The van der Waals surface area contributed by atoms with Crippen LogP contribution in [0.2, 0.25) is 0 Å². The molecule has 3 aromatic rings. The van der Waals surface area contributed by atoms with Gasteiger partial charge in [-0.2, -0.15) is 0 Å². The fourth-order valence-electron chi connectivity index (χ4n) is 4.60. The molecule has 8 heteroatoms. The zero-order chi connectivity index (χ0) is 21.2. The Hall–Kier alpha value is -2.55. The minimum atomic E-state index is -0.234. The SMILES string of the molecule is NC(=O)C1CCCC1Nc1nc(CN2CCOCC2)nc2scc(-c3ccccc3)c12. The number of carbonyl (C=O) groups excluding carboxylic acids is 1. The zero-order valence-electron chi connectivity index (χ0n) is 17.4. The first-order valence-corrected chi connectivity index (χ1v) is 11.8. The van der Waals surface area contributed by atoms with E-state index in [1.165, 1.54) is 0 Å². The molecule has 3 heterocycles. The maximum atomic E-state index is 12.0. The Bertz CT molecular complexity index is 1060.